The average molecular weight is 291 g/mol. The first-order valence-electron chi connectivity index (χ1n) is 6.75. The Morgan fingerprint density at radius 1 is 1.45 bits per heavy atom. The van der Waals surface area contributed by atoms with E-state index in [9.17, 15) is 0 Å². The van der Waals surface area contributed by atoms with Crippen LogP contribution >= 0.6 is 11.6 Å². The van der Waals surface area contributed by atoms with Crippen LogP contribution in [0.15, 0.2) is 18.0 Å². The van der Waals surface area contributed by atoms with Gasteiger partial charge in [-0.25, -0.2) is 4.98 Å². The Morgan fingerprint density at radius 2 is 2.35 bits per heavy atom. The molecular formula is C13H15ClN6. The smallest absolute Gasteiger partial charge is 0.166 e. The zero-order valence-corrected chi connectivity index (χ0v) is 11.6. The molecule has 0 spiro atoms. The molecule has 1 saturated heterocycles. The third-order valence-electron chi connectivity index (χ3n) is 3.48. The molecule has 20 heavy (non-hydrogen) atoms. The third-order valence-corrected chi connectivity index (χ3v) is 3.68. The van der Waals surface area contributed by atoms with Gasteiger partial charge in [0.05, 0.1) is 12.9 Å². The molecule has 3 heterocycles. The van der Waals surface area contributed by atoms with Gasteiger partial charge in [0.15, 0.2) is 5.65 Å². The van der Waals surface area contributed by atoms with Crippen LogP contribution in [0, 0.1) is 0 Å². The molecule has 0 amide bonds. The summed E-state index contributed by atoms with van der Waals surface area (Å²) in [6.45, 7) is 1.64. The molecule has 7 heteroatoms. The summed E-state index contributed by atoms with van der Waals surface area (Å²) >= 11 is 6.13. The number of rotatable bonds is 3. The summed E-state index contributed by atoms with van der Waals surface area (Å²) in [7, 11) is 0. The first kappa shape index (κ1) is 12.0. The van der Waals surface area contributed by atoms with E-state index in [1.807, 2.05) is 16.8 Å². The zero-order valence-electron chi connectivity index (χ0n) is 10.9. The molecule has 4 rings (SSSR count). The van der Waals surface area contributed by atoms with E-state index in [0.29, 0.717) is 11.2 Å². The summed E-state index contributed by atoms with van der Waals surface area (Å²) in [4.78, 5) is 4.40. The highest BCUT2D eigenvalue weighted by atomic mass is 35.5. The van der Waals surface area contributed by atoms with E-state index in [2.05, 4.69) is 32.1 Å². The minimum Gasteiger partial charge on any atom is -0.375 e. The number of nitrogens with zero attached hydrogens (tertiary/aromatic N) is 3. The Hall–Kier alpha value is -1.79. The number of nitrogens with one attached hydrogen (secondary N) is 3. The van der Waals surface area contributed by atoms with Gasteiger partial charge < -0.3 is 10.6 Å². The van der Waals surface area contributed by atoms with Crippen molar-refractivity contribution in [3.8, 4) is 0 Å². The molecule has 3 N–H and O–H groups in total. The molecule has 2 aliphatic rings. The van der Waals surface area contributed by atoms with Crippen LogP contribution in [-0.4, -0.2) is 33.9 Å². The summed E-state index contributed by atoms with van der Waals surface area (Å²) in [5, 5.41) is 14.8. The number of fused-ring (bicyclic) bond motifs is 1. The first-order valence-corrected chi connectivity index (χ1v) is 7.13. The van der Waals surface area contributed by atoms with Gasteiger partial charge in [0.25, 0.3) is 0 Å². The second kappa shape index (κ2) is 4.64. The van der Waals surface area contributed by atoms with E-state index in [4.69, 9.17) is 11.6 Å². The summed E-state index contributed by atoms with van der Waals surface area (Å²) in [5.41, 5.74) is 2.89. The number of hydrogen-bond acceptors (Lipinski definition) is 5. The monoisotopic (exact) mass is 290 g/mol. The fourth-order valence-corrected chi connectivity index (χ4v) is 2.50. The summed E-state index contributed by atoms with van der Waals surface area (Å²) in [5.74, 6) is 0.907. The van der Waals surface area contributed by atoms with Gasteiger partial charge in [-0.3, -0.25) is 5.32 Å². The van der Waals surface area contributed by atoms with Crippen molar-refractivity contribution in [2.45, 2.75) is 18.9 Å². The molecule has 1 aliphatic carbocycles. The van der Waals surface area contributed by atoms with Crippen LogP contribution in [0.4, 0.5) is 5.82 Å². The molecule has 0 atom stereocenters. The first-order chi connectivity index (χ1) is 9.79. The number of halogens is 1. The van der Waals surface area contributed by atoms with Gasteiger partial charge in [-0.15, -0.1) is 0 Å². The number of aromatic nitrogens is 3. The Morgan fingerprint density at radius 3 is 3.10 bits per heavy atom. The van der Waals surface area contributed by atoms with Gasteiger partial charge >= 0.3 is 0 Å². The predicted octanol–water partition coefficient (Wildman–Crippen LogP) is 1.45. The normalized spacial score (nSPS) is 20.6. The molecule has 0 aromatic carbocycles. The zero-order chi connectivity index (χ0) is 13.5. The van der Waals surface area contributed by atoms with Gasteiger partial charge in [-0.1, -0.05) is 11.6 Å². The van der Waals surface area contributed by atoms with Gasteiger partial charge in [-0.05, 0) is 18.9 Å². The minimum absolute atomic E-state index is 0.485. The van der Waals surface area contributed by atoms with Gasteiger partial charge in [0.1, 0.15) is 11.0 Å². The van der Waals surface area contributed by atoms with Crippen molar-refractivity contribution in [1.29, 1.82) is 0 Å². The molecule has 2 aromatic heterocycles. The van der Waals surface area contributed by atoms with E-state index < -0.39 is 0 Å². The molecule has 1 saturated carbocycles. The summed E-state index contributed by atoms with van der Waals surface area (Å²) in [6, 6.07) is 2.37. The van der Waals surface area contributed by atoms with Crippen LogP contribution in [0.25, 0.3) is 11.7 Å². The van der Waals surface area contributed by atoms with Crippen LogP contribution < -0.4 is 16.0 Å². The molecule has 0 unspecified atom stereocenters. The van der Waals surface area contributed by atoms with E-state index in [1.54, 1.807) is 0 Å². The lowest BCUT2D eigenvalue weighted by Gasteiger charge is -2.07. The highest BCUT2D eigenvalue weighted by molar-refractivity contribution is 6.29. The van der Waals surface area contributed by atoms with Gasteiger partial charge in [0, 0.05) is 29.9 Å². The van der Waals surface area contributed by atoms with Crippen LogP contribution in [0.3, 0.4) is 0 Å². The summed E-state index contributed by atoms with van der Waals surface area (Å²) in [6.07, 6.45) is 6.29. The van der Waals surface area contributed by atoms with Crippen molar-refractivity contribution in [2.24, 2.45) is 0 Å². The second-order valence-electron chi connectivity index (χ2n) is 5.17. The van der Waals surface area contributed by atoms with E-state index >= 15 is 0 Å². The minimum atomic E-state index is 0.485. The van der Waals surface area contributed by atoms with Crippen LogP contribution in [-0.2, 0) is 0 Å². The van der Waals surface area contributed by atoms with Crippen molar-refractivity contribution in [2.75, 3.05) is 18.5 Å². The second-order valence-corrected chi connectivity index (χ2v) is 5.56. The van der Waals surface area contributed by atoms with E-state index in [0.717, 1.165) is 35.9 Å². The molecule has 104 valence electrons. The van der Waals surface area contributed by atoms with Crippen LogP contribution in [0.1, 0.15) is 18.4 Å². The lowest BCUT2D eigenvalue weighted by Crippen LogP contribution is -2.10. The SMILES string of the molecule is Clc1cc(NC2CC2)n2ncc(C=C3CNCN3)c2n1. The lowest BCUT2D eigenvalue weighted by molar-refractivity contribution is 0.815. The van der Waals surface area contributed by atoms with Gasteiger partial charge in [-0.2, -0.15) is 9.61 Å². The Bertz CT molecular complexity index is 679. The van der Waals surface area contributed by atoms with Crippen molar-refractivity contribution in [3.05, 3.63) is 28.7 Å². The topological polar surface area (TPSA) is 66.3 Å². The molecule has 6 nitrogen and oxygen atoms in total. The van der Waals surface area contributed by atoms with Crippen molar-refractivity contribution in [3.63, 3.8) is 0 Å². The Balaban J connectivity index is 1.78. The average Bonchev–Trinajstić information content (AvgIpc) is 2.94. The largest absolute Gasteiger partial charge is 0.375 e. The van der Waals surface area contributed by atoms with Crippen molar-refractivity contribution >= 4 is 29.1 Å². The summed E-state index contributed by atoms with van der Waals surface area (Å²) < 4.78 is 1.82. The number of anilines is 1. The maximum atomic E-state index is 6.13. The van der Waals surface area contributed by atoms with Crippen molar-refractivity contribution < 1.29 is 0 Å². The fourth-order valence-electron chi connectivity index (χ4n) is 2.32. The standard InChI is InChI=1S/C13H15ClN6/c14-11-4-12(18-9-1-2-9)20-13(19-11)8(5-17-20)3-10-6-15-7-16-10/h3-5,9,15-16,18H,1-2,6-7H2. The third kappa shape index (κ3) is 2.21. The highest BCUT2D eigenvalue weighted by Gasteiger charge is 2.22. The molecule has 2 fully saturated rings. The maximum Gasteiger partial charge on any atom is 0.166 e. The van der Waals surface area contributed by atoms with Crippen molar-refractivity contribution in [1.82, 2.24) is 25.2 Å². The highest BCUT2D eigenvalue weighted by Crippen LogP contribution is 2.27. The van der Waals surface area contributed by atoms with Crippen LogP contribution in [0.5, 0.6) is 0 Å². The Kier molecular flexibility index (Phi) is 2.78. The molecule has 1 aliphatic heterocycles. The predicted molar refractivity (Wildman–Crippen MR) is 78.6 cm³/mol. The molecule has 2 aromatic rings. The number of hydrogen-bond donors (Lipinski definition) is 3. The van der Waals surface area contributed by atoms with E-state index in [1.165, 1.54) is 12.8 Å². The lowest BCUT2D eigenvalue weighted by atomic mass is 10.2. The Labute approximate surface area is 121 Å². The molecule has 0 radical (unpaired) electrons. The van der Waals surface area contributed by atoms with Gasteiger partial charge in [0.2, 0.25) is 0 Å². The maximum absolute atomic E-state index is 6.13. The quantitative estimate of drug-likeness (QED) is 0.747. The van der Waals surface area contributed by atoms with Crippen LogP contribution in [0.2, 0.25) is 5.15 Å². The molecule has 0 bridgehead atoms. The van der Waals surface area contributed by atoms with E-state index in [-0.39, 0.29) is 0 Å². The fraction of sp³-hybridized carbons (Fsp3) is 0.385. The molecular weight excluding hydrogens is 276 g/mol.